The predicted octanol–water partition coefficient (Wildman–Crippen LogP) is 5.47. The monoisotopic (exact) mass is 406 g/mol. The summed E-state index contributed by atoms with van der Waals surface area (Å²) in [6.45, 7) is 0. The SMILES string of the molecule is O=[N+]([O-])c1cc(CSc2nnc(-c3ccccc3)c(-c3ccccc3)n2)cs1. The minimum atomic E-state index is -0.376. The van der Waals surface area contributed by atoms with E-state index in [0.29, 0.717) is 10.9 Å². The number of rotatable bonds is 6. The summed E-state index contributed by atoms with van der Waals surface area (Å²) in [5, 5.41) is 22.0. The van der Waals surface area contributed by atoms with Crippen LogP contribution >= 0.6 is 23.1 Å². The van der Waals surface area contributed by atoms with Crippen LogP contribution in [0.5, 0.6) is 0 Å². The van der Waals surface area contributed by atoms with Crippen molar-refractivity contribution >= 4 is 28.1 Å². The van der Waals surface area contributed by atoms with Crippen LogP contribution in [0, 0.1) is 10.1 Å². The molecular formula is C20H14N4O2S2. The number of nitro groups is 1. The molecule has 2 aromatic heterocycles. The zero-order valence-corrected chi connectivity index (χ0v) is 16.2. The maximum absolute atomic E-state index is 10.8. The van der Waals surface area contributed by atoms with E-state index in [1.54, 1.807) is 11.4 Å². The summed E-state index contributed by atoms with van der Waals surface area (Å²) in [7, 11) is 0. The van der Waals surface area contributed by atoms with Crippen molar-refractivity contribution in [3.8, 4) is 22.5 Å². The maximum Gasteiger partial charge on any atom is 0.324 e. The molecule has 4 rings (SSSR count). The molecule has 8 heteroatoms. The van der Waals surface area contributed by atoms with Gasteiger partial charge in [-0.2, -0.15) is 0 Å². The molecule has 0 saturated carbocycles. The van der Waals surface area contributed by atoms with E-state index < -0.39 is 0 Å². The number of thioether (sulfide) groups is 1. The molecule has 0 radical (unpaired) electrons. The largest absolute Gasteiger partial charge is 0.324 e. The van der Waals surface area contributed by atoms with Crippen LogP contribution in [0.15, 0.2) is 77.3 Å². The van der Waals surface area contributed by atoms with Crippen molar-refractivity contribution in [2.45, 2.75) is 10.9 Å². The molecule has 0 aliphatic carbocycles. The van der Waals surface area contributed by atoms with Crippen LogP contribution in [-0.2, 0) is 5.75 Å². The Balaban J connectivity index is 1.65. The lowest BCUT2D eigenvalue weighted by atomic mass is 10.0. The second-order valence-electron chi connectivity index (χ2n) is 5.86. The minimum absolute atomic E-state index is 0.138. The fraction of sp³-hybridized carbons (Fsp3) is 0.0500. The van der Waals surface area contributed by atoms with E-state index in [1.807, 2.05) is 60.7 Å². The molecule has 0 amide bonds. The number of hydrogen-bond donors (Lipinski definition) is 0. The molecule has 0 aliphatic rings. The van der Waals surface area contributed by atoms with Crippen molar-refractivity contribution in [3.05, 3.63) is 87.8 Å². The number of benzene rings is 2. The van der Waals surface area contributed by atoms with E-state index in [-0.39, 0.29) is 9.92 Å². The smallest absolute Gasteiger partial charge is 0.258 e. The van der Waals surface area contributed by atoms with Crippen LogP contribution in [0.4, 0.5) is 5.00 Å². The number of hydrogen-bond acceptors (Lipinski definition) is 7. The topological polar surface area (TPSA) is 81.8 Å². The van der Waals surface area contributed by atoms with Gasteiger partial charge in [0.25, 0.3) is 0 Å². The molecule has 0 unspecified atom stereocenters. The third-order valence-corrected chi connectivity index (χ3v) is 5.79. The van der Waals surface area contributed by atoms with Gasteiger partial charge in [-0.3, -0.25) is 10.1 Å². The number of nitrogens with zero attached hydrogens (tertiary/aromatic N) is 4. The summed E-state index contributed by atoms with van der Waals surface area (Å²) < 4.78 is 0. The molecule has 0 atom stereocenters. The van der Waals surface area contributed by atoms with Crippen molar-refractivity contribution in [3.63, 3.8) is 0 Å². The van der Waals surface area contributed by atoms with Gasteiger partial charge in [0.1, 0.15) is 11.4 Å². The van der Waals surface area contributed by atoms with Gasteiger partial charge in [0.05, 0.1) is 4.92 Å². The Bertz CT molecular complexity index is 1100. The molecule has 4 aromatic rings. The van der Waals surface area contributed by atoms with E-state index in [1.165, 1.54) is 11.8 Å². The van der Waals surface area contributed by atoms with Crippen LogP contribution in [-0.4, -0.2) is 20.1 Å². The van der Waals surface area contributed by atoms with Crippen molar-refractivity contribution < 1.29 is 4.92 Å². The summed E-state index contributed by atoms with van der Waals surface area (Å²) in [5.74, 6) is 0.547. The first-order valence-electron chi connectivity index (χ1n) is 8.41. The van der Waals surface area contributed by atoms with Gasteiger partial charge in [-0.1, -0.05) is 83.8 Å². The summed E-state index contributed by atoms with van der Waals surface area (Å²) in [6, 6.07) is 21.3. The number of thiophene rings is 1. The van der Waals surface area contributed by atoms with Crippen LogP contribution in [0.25, 0.3) is 22.5 Å². The molecule has 2 aromatic carbocycles. The van der Waals surface area contributed by atoms with Gasteiger partial charge in [-0.25, -0.2) is 4.98 Å². The molecule has 0 fully saturated rings. The predicted molar refractivity (Wildman–Crippen MR) is 111 cm³/mol. The van der Waals surface area contributed by atoms with Crippen molar-refractivity contribution in [2.24, 2.45) is 0 Å². The Morgan fingerprint density at radius 3 is 2.18 bits per heavy atom. The lowest BCUT2D eigenvalue weighted by Crippen LogP contribution is -1.99. The fourth-order valence-electron chi connectivity index (χ4n) is 2.64. The Morgan fingerprint density at radius 2 is 1.57 bits per heavy atom. The summed E-state index contributed by atoms with van der Waals surface area (Å²) in [5.41, 5.74) is 4.28. The molecule has 138 valence electrons. The van der Waals surface area contributed by atoms with Crippen LogP contribution in [0.2, 0.25) is 0 Å². The second kappa shape index (κ2) is 8.28. The molecule has 0 spiro atoms. The number of aromatic nitrogens is 3. The highest BCUT2D eigenvalue weighted by molar-refractivity contribution is 7.98. The Hall–Kier alpha value is -3.10. The molecule has 0 bridgehead atoms. The van der Waals surface area contributed by atoms with Crippen molar-refractivity contribution in [1.82, 2.24) is 15.2 Å². The summed E-state index contributed by atoms with van der Waals surface area (Å²) >= 11 is 2.53. The molecule has 0 N–H and O–H groups in total. The molecule has 0 saturated heterocycles. The van der Waals surface area contributed by atoms with Gasteiger partial charge in [-0.15, -0.1) is 10.2 Å². The minimum Gasteiger partial charge on any atom is -0.258 e. The molecule has 0 aliphatic heterocycles. The highest BCUT2D eigenvalue weighted by atomic mass is 32.2. The third-order valence-electron chi connectivity index (χ3n) is 3.95. The van der Waals surface area contributed by atoms with Gasteiger partial charge in [0, 0.05) is 28.3 Å². The van der Waals surface area contributed by atoms with E-state index in [4.69, 9.17) is 4.98 Å². The van der Waals surface area contributed by atoms with Crippen molar-refractivity contribution in [1.29, 1.82) is 0 Å². The second-order valence-corrected chi connectivity index (χ2v) is 7.69. The highest BCUT2D eigenvalue weighted by Crippen LogP contribution is 2.31. The van der Waals surface area contributed by atoms with E-state index in [9.17, 15) is 10.1 Å². The Kier molecular flexibility index (Phi) is 5.41. The zero-order valence-electron chi connectivity index (χ0n) is 14.6. The Labute approximate surface area is 169 Å². The average Bonchev–Trinajstić information content (AvgIpc) is 3.23. The molecule has 2 heterocycles. The van der Waals surface area contributed by atoms with Crippen LogP contribution < -0.4 is 0 Å². The standard InChI is InChI=1S/C20H14N4O2S2/c25-24(26)17-11-14(12-27-17)13-28-20-21-18(15-7-3-1-4-8-15)19(22-23-20)16-9-5-2-6-10-16/h1-12H,13H2. The summed E-state index contributed by atoms with van der Waals surface area (Å²) in [4.78, 5) is 15.2. The lowest BCUT2D eigenvalue weighted by molar-refractivity contribution is -0.380. The van der Waals surface area contributed by atoms with Gasteiger partial charge < -0.3 is 0 Å². The zero-order chi connectivity index (χ0) is 19.3. The maximum atomic E-state index is 10.8. The molecule has 28 heavy (non-hydrogen) atoms. The van der Waals surface area contributed by atoms with Crippen molar-refractivity contribution in [2.75, 3.05) is 0 Å². The van der Waals surface area contributed by atoms with Gasteiger partial charge in [0.2, 0.25) is 5.16 Å². The van der Waals surface area contributed by atoms with Gasteiger partial charge in [0.15, 0.2) is 0 Å². The van der Waals surface area contributed by atoms with Crippen LogP contribution in [0.3, 0.4) is 0 Å². The highest BCUT2D eigenvalue weighted by Gasteiger charge is 2.15. The lowest BCUT2D eigenvalue weighted by Gasteiger charge is -2.09. The van der Waals surface area contributed by atoms with E-state index >= 15 is 0 Å². The van der Waals surface area contributed by atoms with E-state index in [0.717, 1.165) is 39.4 Å². The van der Waals surface area contributed by atoms with E-state index in [2.05, 4.69) is 10.2 Å². The first kappa shape index (κ1) is 18.3. The first-order chi connectivity index (χ1) is 13.7. The Morgan fingerprint density at radius 1 is 0.929 bits per heavy atom. The van der Waals surface area contributed by atoms with Gasteiger partial charge in [-0.05, 0) is 5.56 Å². The third kappa shape index (κ3) is 4.08. The first-order valence-corrected chi connectivity index (χ1v) is 10.3. The summed E-state index contributed by atoms with van der Waals surface area (Å²) in [6.07, 6.45) is 0. The average molecular weight is 406 g/mol. The van der Waals surface area contributed by atoms with Crippen LogP contribution in [0.1, 0.15) is 5.56 Å². The molecular weight excluding hydrogens is 392 g/mol. The van der Waals surface area contributed by atoms with Gasteiger partial charge >= 0.3 is 5.00 Å². The molecule has 6 nitrogen and oxygen atoms in total. The fourth-order valence-corrected chi connectivity index (χ4v) is 4.19. The normalized spacial score (nSPS) is 10.7. The quantitative estimate of drug-likeness (QED) is 0.240.